The summed E-state index contributed by atoms with van der Waals surface area (Å²) in [6.45, 7) is 2.96. The van der Waals surface area contributed by atoms with Gasteiger partial charge in [0, 0.05) is 6.42 Å². The number of ether oxygens (including phenoxy) is 1. The van der Waals surface area contributed by atoms with E-state index in [1.54, 1.807) is 13.0 Å². The van der Waals surface area contributed by atoms with Crippen LogP contribution in [0, 0.1) is 0 Å². The number of rotatable bonds is 3. The zero-order chi connectivity index (χ0) is 15.8. The van der Waals surface area contributed by atoms with E-state index < -0.39 is 35.8 Å². The van der Waals surface area contributed by atoms with Gasteiger partial charge in [-0.2, -0.15) is 0 Å². The smallest absolute Gasteiger partial charge is 0.200 e. The number of carbonyl (C=O) groups excluding carboxylic acids is 1. The molecule has 1 aliphatic carbocycles. The van der Waals surface area contributed by atoms with Crippen LogP contribution in [-0.2, 0) is 9.53 Å². The third-order valence-corrected chi connectivity index (χ3v) is 3.89. The minimum Gasteiger partial charge on any atom is -0.494 e. The van der Waals surface area contributed by atoms with Gasteiger partial charge in [0.05, 0.1) is 11.8 Å². The Morgan fingerprint density at radius 2 is 2.14 bits per heavy atom. The van der Waals surface area contributed by atoms with Gasteiger partial charge in [-0.05, 0) is 25.5 Å². The lowest BCUT2D eigenvalue weighted by molar-refractivity contribution is -0.141. The van der Waals surface area contributed by atoms with Gasteiger partial charge in [0.15, 0.2) is 11.4 Å². The van der Waals surface area contributed by atoms with Gasteiger partial charge >= 0.3 is 0 Å². The lowest BCUT2D eigenvalue weighted by atomic mass is 9.77. The number of carbonyl (C=O) groups is 1. The van der Waals surface area contributed by atoms with Crippen molar-refractivity contribution in [3.05, 3.63) is 35.6 Å². The molecule has 0 radical (unpaired) electrons. The van der Waals surface area contributed by atoms with Crippen LogP contribution in [0.15, 0.2) is 35.6 Å². The highest BCUT2D eigenvalue weighted by Gasteiger charge is 2.46. The molecule has 4 N–H and O–H groups in total. The largest absolute Gasteiger partial charge is 0.494 e. The number of fused-ring (bicyclic) bond motifs is 1. The van der Waals surface area contributed by atoms with E-state index in [0.29, 0.717) is 5.57 Å². The van der Waals surface area contributed by atoms with Crippen LogP contribution in [0.2, 0.25) is 0 Å². The first-order valence-corrected chi connectivity index (χ1v) is 6.80. The van der Waals surface area contributed by atoms with Crippen molar-refractivity contribution < 1.29 is 30.0 Å². The topological polar surface area (TPSA) is 107 Å². The average Bonchev–Trinajstić information content (AvgIpc) is 2.44. The second-order valence-electron chi connectivity index (χ2n) is 5.53. The predicted octanol–water partition coefficient (Wildman–Crippen LogP) is -0.422. The van der Waals surface area contributed by atoms with Crippen molar-refractivity contribution >= 4 is 5.78 Å². The van der Waals surface area contributed by atoms with Crippen LogP contribution < -0.4 is 0 Å². The predicted molar refractivity (Wildman–Crippen MR) is 74.1 cm³/mol. The Balaban J connectivity index is 2.22. The average molecular weight is 296 g/mol. The van der Waals surface area contributed by atoms with Crippen LogP contribution in [0.3, 0.4) is 0 Å². The standard InChI is InChI=1S/C15H20O6/c1-3-4-10(16)13(18)11-5-8-6-12(17)15(2,20)14(19)9(8)7-21-11/h3-4,6-7,10-13,16-18,20H,5H2,1-2H3/b4-3+/t10-,11-,12-,13+,15-/m1/s1. The summed E-state index contributed by atoms with van der Waals surface area (Å²) in [5.74, 6) is -0.616. The Labute approximate surface area is 122 Å². The number of Topliss-reactive ketones (excluding diaryl/α,β-unsaturated/α-hetero) is 1. The maximum absolute atomic E-state index is 12.1. The van der Waals surface area contributed by atoms with Gasteiger partial charge in [0.1, 0.15) is 24.4 Å². The SMILES string of the molecule is C/C=C/[C@@H](O)[C@H](O)[C@H]1CC2=C[C@@H](O)[C@@](C)(O)C(=O)C2=CO1. The van der Waals surface area contributed by atoms with Crippen molar-refractivity contribution in [2.45, 2.75) is 50.3 Å². The molecule has 0 spiro atoms. The number of allylic oxidation sites excluding steroid dienone is 1. The quantitative estimate of drug-likeness (QED) is 0.527. The van der Waals surface area contributed by atoms with E-state index in [4.69, 9.17) is 4.74 Å². The van der Waals surface area contributed by atoms with E-state index in [1.165, 1.54) is 25.3 Å². The number of aliphatic hydroxyl groups excluding tert-OH is 3. The molecule has 0 fully saturated rings. The first kappa shape index (κ1) is 15.9. The molecule has 1 aliphatic heterocycles. The van der Waals surface area contributed by atoms with E-state index >= 15 is 0 Å². The van der Waals surface area contributed by atoms with Crippen molar-refractivity contribution in [2.24, 2.45) is 0 Å². The van der Waals surface area contributed by atoms with Crippen molar-refractivity contribution in [3.63, 3.8) is 0 Å². The number of ketones is 1. The maximum Gasteiger partial charge on any atom is 0.200 e. The zero-order valence-corrected chi connectivity index (χ0v) is 11.9. The first-order chi connectivity index (χ1) is 9.78. The summed E-state index contributed by atoms with van der Waals surface area (Å²) in [6, 6.07) is 0. The Bertz CT molecular complexity index is 516. The number of aliphatic hydroxyl groups is 4. The number of hydrogen-bond donors (Lipinski definition) is 4. The van der Waals surface area contributed by atoms with Crippen LogP contribution in [0.1, 0.15) is 20.3 Å². The minimum atomic E-state index is -1.88. The molecular formula is C15H20O6. The van der Waals surface area contributed by atoms with Crippen LogP contribution in [0.25, 0.3) is 0 Å². The summed E-state index contributed by atoms with van der Waals surface area (Å²) in [5, 5.41) is 39.5. The fraction of sp³-hybridized carbons (Fsp3) is 0.533. The molecule has 0 aromatic rings. The van der Waals surface area contributed by atoms with Gasteiger partial charge in [-0.1, -0.05) is 12.2 Å². The molecule has 6 heteroatoms. The molecule has 6 nitrogen and oxygen atoms in total. The van der Waals surface area contributed by atoms with Crippen molar-refractivity contribution in [1.82, 2.24) is 0 Å². The van der Waals surface area contributed by atoms with Crippen molar-refractivity contribution in [1.29, 1.82) is 0 Å². The molecule has 116 valence electrons. The van der Waals surface area contributed by atoms with Crippen LogP contribution >= 0.6 is 0 Å². The molecule has 2 aliphatic rings. The molecule has 0 aromatic carbocycles. The Morgan fingerprint density at radius 1 is 1.48 bits per heavy atom. The second-order valence-corrected chi connectivity index (χ2v) is 5.53. The third-order valence-electron chi connectivity index (χ3n) is 3.89. The molecule has 0 bridgehead atoms. The Morgan fingerprint density at radius 3 is 2.76 bits per heavy atom. The van der Waals surface area contributed by atoms with E-state index in [2.05, 4.69) is 0 Å². The Hall–Kier alpha value is -1.47. The van der Waals surface area contributed by atoms with E-state index in [9.17, 15) is 25.2 Å². The highest BCUT2D eigenvalue weighted by Crippen LogP contribution is 2.35. The third kappa shape index (κ3) is 2.80. The molecule has 0 unspecified atom stereocenters. The molecule has 5 atom stereocenters. The molecule has 0 amide bonds. The summed E-state index contributed by atoms with van der Waals surface area (Å²) >= 11 is 0. The fourth-order valence-electron chi connectivity index (χ4n) is 2.46. The van der Waals surface area contributed by atoms with Crippen LogP contribution in [-0.4, -0.2) is 56.2 Å². The summed E-state index contributed by atoms with van der Waals surface area (Å²) < 4.78 is 5.32. The minimum absolute atomic E-state index is 0.167. The molecule has 0 saturated heterocycles. The van der Waals surface area contributed by atoms with Crippen molar-refractivity contribution in [2.75, 3.05) is 0 Å². The van der Waals surface area contributed by atoms with Crippen LogP contribution in [0.5, 0.6) is 0 Å². The van der Waals surface area contributed by atoms with Gasteiger partial charge in [0.2, 0.25) is 0 Å². The molecule has 2 rings (SSSR count). The Kier molecular flexibility index (Phi) is 4.34. The molecule has 1 heterocycles. The monoisotopic (exact) mass is 296 g/mol. The molecule has 0 aromatic heterocycles. The first-order valence-electron chi connectivity index (χ1n) is 6.80. The summed E-state index contributed by atoms with van der Waals surface area (Å²) in [6.07, 6.45) is 1.50. The van der Waals surface area contributed by atoms with Gasteiger partial charge in [-0.15, -0.1) is 0 Å². The summed E-state index contributed by atoms with van der Waals surface area (Å²) in [4.78, 5) is 12.1. The molecule has 0 saturated carbocycles. The van der Waals surface area contributed by atoms with Gasteiger partial charge in [-0.25, -0.2) is 0 Å². The maximum atomic E-state index is 12.1. The van der Waals surface area contributed by atoms with Crippen molar-refractivity contribution in [3.8, 4) is 0 Å². The zero-order valence-electron chi connectivity index (χ0n) is 11.9. The summed E-state index contributed by atoms with van der Waals surface area (Å²) in [5.41, 5.74) is -1.19. The fourth-order valence-corrected chi connectivity index (χ4v) is 2.46. The highest BCUT2D eigenvalue weighted by atomic mass is 16.5. The van der Waals surface area contributed by atoms with E-state index in [1.807, 2.05) is 0 Å². The van der Waals surface area contributed by atoms with Gasteiger partial charge < -0.3 is 25.2 Å². The molecular weight excluding hydrogens is 276 g/mol. The van der Waals surface area contributed by atoms with Crippen LogP contribution in [0.4, 0.5) is 0 Å². The van der Waals surface area contributed by atoms with E-state index in [0.717, 1.165) is 0 Å². The molecule has 21 heavy (non-hydrogen) atoms. The van der Waals surface area contributed by atoms with E-state index in [-0.39, 0.29) is 12.0 Å². The highest BCUT2D eigenvalue weighted by molar-refractivity contribution is 6.06. The van der Waals surface area contributed by atoms with Gasteiger partial charge in [-0.3, -0.25) is 4.79 Å². The lowest BCUT2D eigenvalue weighted by Gasteiger charge is -2.37. The normalized spacial score (nSPS) is 35.6. The second kappa shape index (κ2) is 5.73. The number of hydrogen-bond acceptors (Lipinski definition) is 6. The summed E-state index contributed by atoms with van der Waals surface area (Å²) in [7, 11) is 0. The van der Waals surface area contributed by atoms with Gasteiger partial charge in [0.25, 0.3) is 0 Å². The lowest BCUT2D eigenvalue weighted by Crippen LogP contribution is -2.51.